The second-order valence-electron chi connectivity index (χ2n) is 4.89. The van der Waals surface area contributed by atoms with Gasteiger partial charge in [-0.3, -0.25) is 15.0 Å². The summed E-state index contributed by atoms with van der Waals surface area (Å²) in [7, 11) is 0. The lowest BCUT2D eigenvalue weighted by Gasteiger charge is -2.29. The quantitative estimate of drug-likeness (QED) is 0.904. The molecule has 1 aromatic rings. The number of hydrogen-bond donors (Lipinski definition) is 1. The molecule has 100 valence electrons. The molecule has 6 heteroatoms. The van der Waals surface area contributed by atoms with Gasteiger partial charge in [0.1, 0.15) is 5.01 Å². The van der Waals surface area contributed by atoms with E-state index in [0.29, 0.717) is 17.6 Å². The summed E-state index contributed by atoms with van der Waals surface area (Å²) in [6.07, 6.45) is 3.32. The van der Waals surface area contributed by atoms with Crippen LogP contribution in [0.2, 0.25) is 0 Å². The van der Waals surface area contributed by atoms with Crippen LogP contribution in [0.3, 0.4) is 0 Å². The summed E-state index contributed by atoms with van der Waals surface area (Å²) in [5.41, 5.74) is 0. The third kappa shape index (κ3) is 3.74. The second kappa shape index (κ2) is 6.24. The highest BCUT2D eigenvalue weighted by Gasteiger charge is 2.19. The van der Waals surface area contributed by atoms with E-state index in [1.54, 1.807) is 0 Å². The van der Waals surface area contributed by atoms with Gasteiger partial charge in [-0.05, 0) is 31.7 Å². The summed E-state index contributed by atoms with van der Waals surface area (Å²) in [4.78, 5) is 14.1. The van der Waals surface area contributed by atoms with Crippen LogP contribution >= 0.6 is 11.3 Å². The summed E-state index contributed by atoms with van der Waals surface area (Å²) in [6, 6.07) is 0. The zero-order chi connectivity index (χ0) is 13.0. The Balaban J connectivity index is 1.81. The number of aromatic nitrogens is 2. The second-order valence-corrected chi connectivity index (χ2v) is 5.95. The monoisotopic (exact) mass is 268 g/mol. The van der Waals surface area contributed by atoms with Crippen LogP contribution in [0.25, 0.3) is 0 Å². The van der Waals surface area contributed by atoms with E-state index in [2.05, 4.69) is 27.3 Å². The first-order valence-electron chi connectivity index (χ1n) is 6.52. The van der Waals surface area contributed by atoms with Gasteiger partial charge in [-0.25, -0.2) is 0 Å². The standard InChI is InChI=1S/C12H20N4OS/c1-3-11-14-15-12(18-11)13-10(17)8-16-6-4-5-9(2)7-16/h9H,3-8H2,1-2H3,(H,13,15,17)/t9-/m1/s1. The summed E-state index contributed by atoms with van der Waals surface area (Å²) in [5.74, 6) is 0.711. The van der Waals surface area contributed by atoms with E-state index >= 15 is 0 Å². The molecule has 0 unspecified atom stereocenters. The predicted molar refractivity (Wildman–Crippen MR) is 72.8 cm³/mol. The smallest absolute Gasteiger partial charge is 0.240 e. The molecule has 1 saturated heterocycles. The number of rotatable bonds is 4. The summed E-state index contributed by atoms with van der Waals surface area (Å²) in [6.45, 7) is 6.77. The number of anilines is 1. The molecule has 1 aliphatic rings. The van der Waals surface area contributed by atoms with Crippen LogP contribution in [0.4, 0.5) is 5.13 Å². The lowest BCUT2D eigenvalue weighted by Crippen LogP contribution is -2.39. The Morgan fingerprint density at radius 1 is 1.56 bits per heavy atom. The van der Waals surface area contributed by atoms with E-state index in [9.17, 15) is 4.79 Å². The number of piperidine rings is 1. The van der Waals surface area contributed by atoms with E-state index in [1.165, 1.54) is 24.2 Å². The van der Waals surface area contributed by atoms with Gasteiger partial charge in [-0.1, -0.05) is 25.2 Å². The van der Waals surface area contributed by atoms with E-state index in [-0.39, 0.29) is 5.91 Å². The number of nitrogens with zero attached hydrogens (tertiary/aromatic N) is 3. The maximum absolute atomic E-state index is 11.9. The lowest BCUT2D eigenvalue weighted by molar-refractivity contribution is -0.117. The molecule has 0 bridgehead atoms. The van der Waals surface area contributed by atoms with Crippen molar-refractivity contribution in [1.29, 1.82) is 0 Å². The molecule has 0 aliphatic carbocycles. The van der Waals surface area contributed by atoms with Gasteiger partial charge in [-0.2, -0.15) is 0 Å². The first-order chi connectivity index (χ1) is 8.67. The molecule has 0 spiro atoms. The first-order valence-corrected chi connectivity index (χ1v) is 7.33. The molecule has 0 saturated carbocycles. The van der Waals surface area contributed by atoms with Gasteiger partial charge in [0.15, 0.2) is 0 Å². The molecule has 2 heterocycles. The highest BCUT2D eigenvalue weighted by atomic mass is 32.1. The lowest BCUT2D eigenvalue weighted by atomic mass is 10.0. The van der Waals surface area contributed by atoms with Crippen molar-refractivity contribution in [3.05, 3.63) is 5.01 Å². The number of amides is 1. The van der Waals surface area contributed by atoms with Crippen molar-refractivity contribution in [3.63, 3.8) is 0 Å². The van der Waals surface area contributed by atoms with E-state index < -0.39 is 0 Å². The Labute approximate surface area is 112 Å². The van der Waals surface area contributed by atoms with Crippen LogP contribution in [0.15, 0.2) is 0 Å². The van der Waals surface area contributed by atoms with Gasteiger partial charge in [0.2, 0.25) is 11.0 Å². The van der Waals surface area contributed by atoms with Crippen LogP contribution < -0.4 is 5.32 Å². The molecule has 1 atom stereocenters. The summed E-state index contributed by atoms with van der Waals surface area (Å²) < 4.78 is 0. The number of carbonyl (C=O) groups is 1. The van der Waals surface area contributed by atoms with Gasteiger partial charge in [0.25, 0.3) is 0 Å². The number of nitrogens with one attached hydrogen (secondary N) is 1. The van der Waals surface area contributed by atoms with E-state index in [0.717, 1.165) is 24.5 Å². The number of hydrogen-bond acceptors (Lipinski definition) is 5. The fraction of sp³-hybridized carbons (Fsp3) is 0.750. The predicted octanol–water partition coefficient (Wildman–Crippen LogP) is 1.77. The largest absolute Gasteiger partial charge is 0.299 e. The highest BCUT2D eigenvalue weighted by Crippen LogP contribution is 2.17. The van der Waals surface area contributed by atoms with Crippen molar-refractivity contribution in [1.82, 2.24) is 15.1 Å². The average molecular weight is 268 g/mol. The van der Waals surface area contributed by atoms with Crippen LogP contribution in [0, 0.1) is 5.92 Å². The van der Waals surface area contributed by atoms with Crippen molar-refractivity contribution < 1.29 is 4.79 Å². The normalized spacial score (nSPS) is 20.9. The Kier molecular flexibility index (Phi) is 4.66. The zero-order valence-corrected chi connectivity index (χ0v) is 11.8. The third-order valence-corrected chi connectivity index (χ3v) is 4.11. The minimum atomic E-state index is 0.0166. The van der Waals surface area contributed by atoms with Crippen molar-refractivity contribution >= 4 is 22.4 Å². The van der Waals surface area contributed by atoms with Gasteiger partial charge in [-0.15, -0.1) is 10.2 Å². The molecule has 1 aromatic heterocycles. The van der Waals surface area contributed by atoms with Gasteiger partial charge >= 0.3 is 0 Å². The van der Waals surface area contributed by atoms with E-state index in [4.69, 9.17) is 0 Å². The first kappa shape index (κ1) is 13.4. The molecule has 0 aromatic carbocycles. The van der Waals surface area contributed by atoms with Crippen LogP contribution in [-0.2, 0) is 11.2 Å². The topological polar surface area (TPSA) is 58.1 Å². The molecule has 1 N–H and O–H groups in total. The molecule has 1 aliphatic heterocycles. The molecule has 18 heavy (non-hydrogen) atoms. The maximum Gasteiger partial charge on any atom is 0.240 e. The molecule has 5 nitrogen and oxygen atoms in total. The highest BCUT2D eigenvalue weighted by molar-refractivity contribution is 7.15. The maximum atomic E-state index is 11.9. The van der Waals surface area contributed by atoms with Crippen LogP contribution in [-0.4, -0.2) is 40.6 Å². The fourth-order valence-corrected chi connectivity index (χ4v) is 2.93. The van der Waals surface area contributed by atoms with Crippen molar-refractivity contribution in [2.45, 2.75) is 33.1 Å². The molecule has 2 rings (SSSR count). The Hall–Kier alpha value is -1.01. The average Bonchev–Trinajstić information content (AvgIpc) is 2.76. The molecule has 1 fully saturated rings. The minimum absolute atomic E-state index is 0.0166. The molecular weight excluding hydrogens is 248 g/mol. The summed E-state index contributed by atoms with van der Waals surface area (Å²) in [5, 5.41) is 12.3. The third-order valence-electron chi connectivity index (χ3n) is 3.12. The van der Waals surface area contributed by atoms with Crippen LogP contribution in [0.5, 0.6) is 0 Å². The Bertz CT molecular complexity index is 407. The Morgan fingerprint density at radius 2 is 2.39 bits per heavy atom. The zero-order valence-electron chi connectivity index (χ0n) is 11.0. The van der Waals surface area contributed by atoms with Crippen LogP contribution in [0.1, 0.15) is 31.7 Å². The van der Waals surface area contributed by atoms with Crippen molar-refractivity contribution in [3.8, 4) is 0 Å². The van der Waals surface area contributed by atoms with Gasteiger partial charge in [0, 0.05) is 6.54 Å². The molecule has 1 amide bonds. The molecular formula is C12H20N4OS. The fourth-order valence-electron chi connectivity index (χ4n) is 2.24. The van der Waals surface area contributed by atoms with Crippen molar-refractivity contribution in [2.24, 2.45) is 5.92 Å². The number of likely N-dealkylation sites (tertiary alicyclic amines) is 1. The Morgan fingerprint density at radius 3 is 3.06 bits per heavy atom. The van der Waals surface area contributed by atoms with E-state index in [1.807, 2.05) is 6.92 Å². The molecule has 0 radical (unpaired) electrons. The minimum Gasteiger partial charge on any atom is -0.299 e. The van der Waals surface area contributed by atoms with Crippen molar-refractivity contribution in [2.75, 3.05) is 25.0 Å². The van der Waals surface area contributed by atoms with Gasteiger partial charge in [0.05, 0.1) is 6.54 Å². The summed E-state index contributed by atoms with van der Waals surface area (Å²) >= 11 is 1.45. The SMILES string of the molecule is CCc1nnc(NC(=O)CN2CCC[C@@H](C)C2)s1. The number of aryl methyl sites for hydroxylation is 1. The van der Waals surface area contributed by atoms with Gasteiger partial charge < -0.3 is 0 Å². The number of carbonyl (C=O) groups excluding carboxylic acids is 1.